The normalized spacial score (nSPS) is 11.4. The third-order valence-corrected chi connectivity index (χ3v) is 3.53. The van der Waals surface area contributed by atoms with Crippen molar-refractivity contribution in [3.63, 3.8) is 0 Å². The number of anilines is 1. The van der Waals surface area contributed by atoms with Crippen LogP contribution in [-0.4, -0.2) is 27.4 Å². The highest BCUT2D eigenvalue weighted by atomic mass is 31.2. The predicted octanol–water partition coefficient (Wildman–Crippen LogP) is 2.00. The number of benzene rings is 1. The Labute approximate surface area is 79.9 Å². The fourth-order valence-electron chi connectivity index (χ4n) is 1.11. The van der Waals surface area contributed by atoms with Gasteiger partial charge in [-0.25, -0.2) is 0 Å². The lowest BCUT2D eigenvalue weighted by molar-refractivity contribution is 0.588. The second-order valence-electron chi connectivity index (χ2n) is 3.76. The minimum atomic E-state index is -2.09. The zero-order valence-corrected chi connectivity index (χ0v) is 9.51. The molecule has 1 aromatic rings. The van der Waals surface area contributed by atoms with Crippen molar-refractivity contribution in [2.45, 2.75) is 0 Å². The Morgan fingerprint density at radius 2 is 1.54 bits per heavy atom. The van der Waals surface area contributed by atoms with E-state index in [9.17, 15) is 4.57 Å². The molecule has 0 spiro atoms. The molecule has 0 saturated carbocycles. The molecule has 72 valence electrons. The Morgan fingerprint density at radius 1 is 1.08 bits per heavy atom. The van der Waals surface area contributed by atoms with Gasteiger partial charge in [-0.15, -0.1) is 0 Å². The summed E-state index contributed by atoms with van der Waals surface area (Å²) in [6.45, 7) is 3.58. The van der Waals surface area contributed by atoms with Crippen molar-refractivity contribution in [1.82, 2.24) is 0 Å². The van der Waals surface area contributed by atoms with Crippen molar-refractivity contribution in [2.24, 2.45) is 0 Å². The van der Waals surface area contributed by atoms with E-state index in [0.717, 1.165) is 11.0 Å². The third kappa shape index (κ3) is 2.60. The average Bonchev–Trinajstić information content (AvgIpc) is 2.03. The lowest BCUT2D eigenvalue weighted by Gasteiger charge is -2.13. The maximum atomic E-state index is 11.7. The summed E-state index contributed by atoms with van der Waals surface area (Å²) >= 11 is 0. The maximum absolute atomic E-state index is 11.7. The molecule has 1 aromatic carbocycles. The van der Waals surface area contributed by atoms with Crippen LogP contribution in [0.3, 0.4) is 0 Å². The van der Waals surface area contributed by atoms with Crippen molar-refractivity contribution in [2.75, 3.05) is 32.3 Å². The Bertz CT molecular complexity index is 323. The fraction of sp³-hybridized carbons (Fsp3) is 0.400. The van der Waals surface area contributed by atoms with Crippen LogP contribution in [0, 0.1) is 0 Å². The fourth-order valence-corrected chi connectivity index (χ4v) is 1.98. The molecule has 0 bridgehead atoms. The summed E-state index contributed by atoms with van der Waals surface area (Å²) < 4.78 is 11.7. The lowest BCUT2D eigenvalue weighted by atomic mass is 10.3. The Kier molecular flexibility index (Phi) is 2.82. The number of nitrogens with zero attached hydrogens (tertiary/aromatic N) is 1. The largest absolute Gasteiger partial charge is 0.378 e. The Hall–Kier alpha value is -0.750. The molecule has 13 heavy (non-hydrogen) atoms. The summed E-state index contributed by atoms with van der Waals surface area (Å²) in [5.74, 6) is 0. The van der Waals surface area contributed by atoms with Gasteiger partial charge < -0.3 is 9.46 Å². The second kappa shape index (κ2) is 3.55. The SMILES string of the molecule is CN(C)c1ccc(P(C)(C)=O)cc1. The van der Waals surface area contributed by atoms with Gasteiger partial charge in [-0.2, -0.15) is 0 Å². The van der Waals surface area contributed by atoms with Crippen molar-refractivity contribution < 1.29 is 4.57 Å². The summed E-state index contributed by atoms with van der Waals surface area (Å²) in [5, 5.41) is 0.943. The number of hydrogen-bond donors (Lipinski definition) is 0. The zero-order chi connectivity index (χ0) is 10.1. The molecule has 0 aliphatic rings. The third-order valence-electron chi connectivity index (χ3n) is 1.99. The molecule has 2 nitrogen and oxygen atoms in total. The van der Waals surface area contributed by atoms with Crippen molar-refractivity contribution in [3.05, 3.63) is 24.3 Å². The molecule has 0 aliphatic carbocycles. The van der Waals surface area contributed by atoms with Crippen LogP contribution in [0.5, 0.6) is 0 Å². The first-order valence-corrected chi connectivity index (χ1v) is 6.84. The van der Waals surface area contributed by atoms with Gasteiger partial charge in [0.1, 0.15) is 7.14 Å². The summed E-state index contributed by atoms with van der Waals surface area (Å²) in [7, 11) is 1.90. The van der Waals surface area contributed by atoms with E-state index in [2.05, 4.69) is 0 Å². The van der Waals surface area contributed by atoms with Crippen molar-refractivity contribution in [3.8, 4) is 0 Å². The molecule has 0 heterocycles. The van der Waals surface area contributed by atoms with Crippen LogP contribution < -0.4 is 10.2 Å². The lowest BCUT2D eigenvalue weighted by Crippen LogP contribution is -2.10. The molecule has 0 amide bonds. The van der Waals surface area contributed by atoms with Crippen LogP contribution >= 0.6 is 7.14 Å². The molecule has 0 fully saturated rings. The molecule has 0 radical (unpaired) electrons. The molecule has 0 aliphatic heterocycles. The molecule has 0 aromatic heterocycles. The van der Waals surface area contributed by atoms with Gasteiger partial charge >= 0.3 is 0 Å². The van der Waals surface area contributed by atoms with Gasteiger partial charge in [0.15, 0.2) is 0 Å². The van der Waals surface area contributed by atoms with Crippen LogP contribution in [0.2, 0.25) is 0 Å². The standard InChI is InChI=1S/C10H16NOP/c1-11(2)9-5-7-10(8-6-9)13(3,4)12/h5-8H,1-4H3. The topological polar surface area (TPSA) is 20.3 Å². The van der Waals surface area contributed by atoms with E-state index < -0.39 is 7.14 Å². The molecule has 0 atom stereocenters. The summed E-state index contributed by atoms with van der Waals surface area (Å²) in [6, 6.07) is 7.87. The van der Waals surface area contributed by atoms with Crippen LogP contribution in [0.15, 0.2) is 24.3 Å². The summed E-state index contributed by atoms with van der Waals surface area (Å²) in [4.78, 5) is 2.03. The molecular weight excluding hydrogens is 181 g/mol. The number of hydrogen-bond acceptors (Lipinski definition) is 2. The Morgan fingerprint density at radius 3 is 1.85 bits per heavy atom. The van der Waals surface area contributed by atoms with E-state index in [4.69, 9.17) is 0 Å². The van der Waals surface area contributed by atoms with E-state index in [0.29, 0.717) is 0 Å². The van der Waals surface area contributed by atoms with Crippen LogP contribution in [0.25, 0.3) is 0 Å². The van der Waals surface area contributed by atoms with Crippen LogP contribution in [0.4, 0.5) is 5.69 Å². The minimum absolute atomic E-state index is 0.943. The van der Waals surface area contributed by atoms with E-state index in [1.807, 2.05) is 43.3 Å². The zero-order valence-electron chi connectivity index (χ0n) is 8.61. The highest BCUT2D eigenvalue weighted by Crippen LogP contribution is 2.34. The first-order valence-electron chi connectivity index (χ1n) is 4.24. The summed E-state index contributed by atoms with van der Waals surface area (Å²) in [5.41, 5.74) is 1.14. The molecule has 0 N–H and O–H groups in total. The van der Waals surface area contributed by atoms with Gasteiger partial charge in [0.2, 0.25) is 0 Å². The summed E-state index contributed by atoms with van der Waals surface area (Å²) in [6.07, 6.45) is 0. The Balaban J connectivity index is 3.01. The van der Waals surface area contributed by atoms with Gasteiger partial charge in [0, 0.05) is 25.1 Å². The van der Waals surface area contributed by atoms with Gasteiger partial charge in [0.05, 0.1) is 0 Å². The van der Waals surface area contributed by atoms with E-state index in [1.54, 1.807) is 13.3 Å². The second-order valence-corrected chi connectivity index (χ2v) is 6.98. The van der Waals surface area contributed by atoms with Crippen LogP contribution in [0.1, 0.15) is 0 Å². The smallest absolute Gasteiger partial charge is 0.109 e. The molecule has 1 rings (SSSR count). The molecular formula is C10H16NOP. The monoisotopic (exact) mass is 197 g/mol. The average molecular weight is 197 g/mol. The molecule has 3 heteroatoms. The van der Waals surface area contributed by atoms with Gasteiger partial charge in [0.25, 0.3) is 0 Å². The highest BCUT2D eigenvalue weighted by Gasteiger charge is 2.09. The van der Waals surface area contributed by atoms with E-state index >= 15 is 0 Å². The predicted molar refractivity (Wildman–Crippen MR) is 59.9 cm³/mol. The van der Waals surface area contributed by atoms with E-state index in [-0.39, 0.29) is 0 Å². The maximum Gasteiger partial charge on any atom is 0.109 e. The molecule has 0 unspecified atom stereocenters. The van der Waals surface area contributed by atoms with Crippen molar-refractivity contribution >= 4 is 18.1 Å². The van der Waals surface area contributed by atoms with Gasteiger partial charge in [-0.1, -0.05) is 0 Å². The van der Waals surface area contributed by atoms with Gasteiger partial charge in [-0.3, -0.25) is 0 Å². The molecule has 0 saturated heterocycles. The van der Waals surface area contributed by atoms with Gasteiger partial charge in [-0.05, 0) is 37.6 Å². The quantitative estimate of drug-likeness (QED) is 0.676. The van der Waals surface area contributed by atoms with Crippen LogP contribution in [-0.2, 0) is 4.57 Å². The first-order chi connectivity index (χ1) is 5.91. The minimum Gasteiger partial charge on any atom is -0.378 e. The highest BCUT2D eigenvalue weighted by molar-refractivity contribution is 7.70. The first kappa shape index (κ1) is 10.3. The van der Waals surface area contributed by atoms with Crippen molar-refractivity contribution in [1.29, 1.82) is 0 Å². The number of rotatable bonds is 2. The van der Waals surface area contributed by atoms with E-state index in [1.165, 1.54) is 0 Å².